The van der Waals surface area contributed by atoms with Crippen LogP contribution in [0.5, 0.6) is 0 Å². The van der Waals surface area contributed by atoms with E-state index in [4.69, 9.17) is 5.11 Å². The van der Waals surface area contributed by atoms with Crippen molar-refractivity contribution in [2.75, 3.05) is 19.7 Å². The molecular weight excluding hydrogens is 257 g/mol. The first-order valence-corrected chi connectivity index (χ1v) is 6.82. The molecule has 0 atom stereocenters. The third-order valence-corrected chi connectivity index (χ3v) is 2.83. The highest BCUT2D eigenvalue weighted by atomic mass is 19.1. The summed E-state index contributed by atoms with van der Waals surface area (Å²) < 4.78 is 14.0. The Labute approximate surface area is 119 Å². The van der Waals surface area contributed by atoms with Crippen molar-refractivity contribution < 1.29 is 14.3 Å². The van der Waals surface area contributed by atoms with E-state index in [1.54, 1.807) is 11.0 Å². The van der Waals surface area contributed by atoms with Crippen molar-refractivity contribution in [3.63, 3.8) is 0 Å². The number of nitrogens with zero attached hydrogens (tertiary/aromatic N) is 1. The van der Waals surface area contributed by atoms with Crippen LogP contribution in [0.3, 0.4) is 0 Å². The number of benzene rings is 1. The molecule has 0 aliphatic heterocycles. The first-order chi connectivity index (χ1) is 9.63. The molecule has 1 amide bonds. The molecule has 0 aliphatic rings. The average Bonchev–Trinajstić information content (AvgIpc) is 2.44. The molecule has 1 rings (SSSR count). The van der Waals surface area contributed by atoms with Gasteiger partial charge in [0.05, 0.1) is 12.2 Å². The minimum absolute atomic E-state index is 0.0193. The molecule has 108 valence electrons. The Morgan fingerprint density at radius 2 is 2.15 bits per heavy atom. The van der Waals surface area contributed by atoms with E-state index in [1.807, 2.05) is 13.8 Å². The summed E-state index contributed by atoms with van der Waals surface area (Å²) in [5, 5.41) is 8.63. The van der Waals surface area contributed by atoms with Gasteiger partial charge in [0.15, 0.2) is 0 Å². The van der Waals surface area contributed by atoms with Gasteiger partial charge >= 0.3 is 0 Å². The lowest BCUT2D eigenvalue weighted by Gasteiger charge is -2.20. The zero-order valence-corrected chi connectivity index (χ0v) is 11.9. The van der Waals surface area contributed by atoms with Gasteiger partial charge in [0.25, 0.3) is 5.91 Å². The van der Waals surface area contributed by atoms with Gasteiger partial charge in [-0.15, -0.1) is 0 Å². The molecule has 20 heavy (non-hydrogen) atoms. The van der Waals surface area contributed by atoms with Crippen molar-refractivity contribution >= 4 is 5.91 Å². The maximum absolute atomic E-state index is 14.0. The van der Waals surface area contributed by atoms with Gasteiger partial charge < -0.3 is 10.0 Å². The smallest absolute Gasteiger partial charge is 0.256 e. The van der Waals surface area contributed by atoms with E-state index in [9.17, 15) is 9.18 Å². The lowest BCUT2D eigenvalue weighted by molar-refractivity contribution is 0.0760. The Bertz CT molecular complexity index is 517. The van der Waals surface area contributed by atoms with Crippen LogP contribution >= 0.6 is 0 Å². The normalized spacial score (nSPS) is 9.80. The van der Waals surface area contributed by atoms with Crippen LogP contribution in [-0.4, -0.2) is 35.6 Å². The minimum Gasteiger partial charge on any atom is -0.395 e. The summed E-state index contributed by atoms with van der Waals surface area (Å²) in [5.41, 5.74) is 0.582. The van der Waals surface area contributed by atoms with E-state index in [0.29, 0.717) is 25.1 Å². The molecule has 0 radical (unpaired) electrons. The van der Waals surface area contributed by atoms with Gasteiger partial charge in [-0.2, -0.15) is 0 Å². The first-order valence-electron chi connectivity index (χ1n) is 6.82. The molecule has 0 saturated heterocycles. The number of halogens is 1. The molecular formula is C16H20FNO2. The Kier molecular flexibility index (Phi) is 6.75. The van der Waals surface area contributed by atoms with E-state index >= 15 is 0 Å². The van der Waals surface area contributed by atoms with Crippen LogP contribution < -0.4 is 0 Å². The molecule has 0 bridgehead atoms. The summed E-state index contributed by atoms with van der Waals surface area (Å²) in [6, 6.07) is 4.36. The number of aliphatic hydroxyl groups is 1. The van der Waals surface area contributed by atoms with Crippen LogP contribution in [0, 0.1) is 17.7 Å². The number of carbonyl (C=O) groups is 1. The third kappa shape index (κ3) is 4.36. The van der Waals surface area contributed by atoms with Crippen LogP contribution in [0.2, 0.25) is 0 Å². The number of hydrogen-bond donors (Lipinski definition) is 1. The Balaban J connectivity index is 2.93. The van der Waals surface area contributed by atoms with E-state index in [0.717, 1.165) is 6.42 Å². The molecule has 0 fully saturated rings. The molecule has 0 unspecified atom stereocenters. The molecule has 4 heteroatoms. The van der Waals surface area contributed by atoms with Gasteiger partial charge in [0.1, 0.15) is 5.82 Å². The van der Waals surface area contributed by atoms with E-state index < -0.39 is 5.82 Å². The fourth-order valence-corrected chi connectivity index (χ4v) is 1.83. The largest absolute Gasteiger partial charge is 0.395 e. The maximum Gasteiger partial charge on any atom is 0.256 e. The first kappa shape index (κ1) is 16.2. The van der Waals surface area contributed by atoms with Crippen LogP contribution in [-0.2, 0) is 0 Å². The Morgan fingerprint density at radius 3 is 2.70 bits per heavy atom. The fraction of sp³-hybridized carbons (Fsp3) is 0.438. The second-order valence-corrected chi connectivity index (χ2v) is 4.35. The monoisotopic (exact) mass is 277 g/mol. The second-order valence-electron chi connectivity index (χ2n) is 4.35. The topological polar surface area (TPSA) is 40.5 Å². The molecule has 1 aromatic rings. The van der Waals surface area contributed by atoms with Crippen molar-refractivity contribution in [3.05, 3.63) is 35.1 Å². The molecule has 0 saturated carbocycles. The van der Waals surface area contributed by atoms with Gasteiger partial charge in [0, 0.05) is 25.1 Å². The van der Waals surface area contributed by atoms with Crippen molar-refractivity contribution in [1.29, 1.82) is 0 Å². The number of aliphatic hydroxyl groups excluding tert-OH is 1. The number of amides is 1. The maximum atomic E-state index is 14.0. The quantitative estimate of drug-likeness (QED) is 0.840. The molecule has 0 heterocycles. The standard InChI is InChI=1S/C16H20FNO2/c1-3-10-18(4-2)16(20)14-9-8-13(12-15(14)17)7-5-6-11-19/h8-9,12,19H,3-4,6,10-11H2,1-2H3. The summed E-state index contributed by atoms with van der Waals surface area (Å²) in [6.45, 7) is 5.01. The van der Waals surface area contributed by atoms with Crippen LogP contribution in [0.1, 0.15) is 42.6 Å². The van der Waals surface area contributed by atoms with Crippen molar-refractivity contribution in [2.24, 2.45) is 0 Å². The van der Waals surface area contributed by atoms with E-state index in [-0.39, 0.29) is 18.1 Å². The molecule has 0 spiro atoms. The lowest BCUT2D eigenvalue weighted by atomic mass is 10.1. The van der Waals surface area contributed by atoms with Crippen molar-refractivity contribution in [2.45, 2.75) is 26.7 Å². The number of hydrogen-bond acceptors (Lipinski definition) is 2. The number of rotatable bonds is 5. The highest BCUT2D eigenvalue weighted by Gasteiger charge is 2.17. The fourth-order valence-electron chi connectivity index (χ4n) is 1.83. The van der Waals surface area contributed by atoms with E-state index in [2.05, 4.69) is 11.8 Å². The Morgan fingerprint density at radius 1 is 1.40 bits per heavy atom. The van der Waals surface area contributed by atoms with Crippen molar-refractivity contribution in [1.82, 2.24) is 4.90 Å². The molecule has 0 aromatic heterocycles. The van der Waals surface area contributed by atoms with Crippen LogP contribution in [0.4, 0.5) is 4.39 Å². The zero-order chi connectivity index (χ0) is 15.0. The van der Waals surface area contributed by atoms with Gasteiger partial charge in [0.2, 0.25) is 0 Å². The molecule has 3 nitrogen and oxygen atoms in total. The Hall–Kier alpha value is -1.86. The predicted molar refractivity (Wildman–Crippen MR) is 76.8 cm³/mol. The summed E-state index contributed by atoms with van der Waals surface area (Å²) >= 11 is 0. The van der Waals surface area contributed by atoms with Gasteiger partial charge in [-0.3, -0.25) is 4.79 Å². The minimum atomic E-state index is -0.555. The SMILES string of the molecule is CCCN(CC)C(=O)c1ccc(C#CCCO)cc1F. The van der Waals surface area contributed by atoms with Gasteiger partial charge in [-0.05, 0) is 31.5 Å². The second kappa shape index (κ2) is 8.34. The predicted octanol–water partition coefficient (Wildman–Crippen LogP) is 2.43. The lowest BCUT2D eigenvalue weighted by Crippen LogP contribution is -2.32. The van der Waals surface area contributed by atoms with E-state index in [1.165, 1.54) is 12.1 Å². The van der Waals surface area contributed by atoms with Crippen LogP contribution in [0.15, 0.2) is 18.2 Å². The summed E-state index contributed by atoms with van der Waals surface area (Å²) in [7, 11) is 0. The highest BCUT2D eigenvalue weighted by molar-refractivity contribution is 5.94. The van der Waals surface area contributed by atoms with Crippen molar-refractivity contribution in [3.8, 4) is 11.8 Å². The highest BCUT2D eigenvalue weighted by Crippen LogP contribution is 2.13. The van der Waals surface area contributed by atoms with Gasteiger partial charge in [-0.25, -0.2) is 4.39 Å². The number of carbonyl (C=O) groups excluding carboxylic acids is 1. The summed E-state index contributed by atoms with van der Waals surface area (Å²) in [4.78, 5) is 13.8. The zero-order valence-electron chi connectivity index (χ0n) is 11.9. The average molecular weight is 277 g/mol. The summed E-state index contributed by atoms with van der Waals surface area (Å²) in [5.74, 6) is 4.62. The van der Waals surface area contributed by atoms with Crippen LogP contribution in [0.25, 0.3) is 0 Å². The molecule has 1 aromatic carbocycles. The van der Waals surface area contributed by atoms with Gasteiger partial charge in [-0.1, -0.05) is 18.8 Å². The summed E-state index contributed by atoms with van der Waals surface area (Å²) in [6.07, 6.45) is 1.19. The molecule has 1 N–H and O–H groups in total. The third-order valence-electron chi connectivity index (χ3n) is 2.83. The molecule has 0 aliphatic carbocycles.